The minimum atomic E-state index is -0.377. The normalized spacial score (nSPS) is 11.3. The highest BCUT2D eigenvalue weighted by Gasteiger charge is 2.19. The lowest BCUT2D eigenvalue weighted by atomic mass is 10.1. The van der Waals surface area contributed by atoms with E-state index >= 15 is 0 Å². The Balaban J connectivity index is 1.97. The number of halogens is 1. The zero-order valence-corrected chi connectivity index (χ0v) is 17.4. The molecule has 8 heteroatoms. The third-order valence-corrected chi connectivity index (χ3v) is 5.04. The van der Waals surface area contributed by atoms with E-state index in [2.05, 4.69) is 26.2 Å². The van der Waals surface area contributed by atoms with Crippen LogP contribution in [0, 0.1) is 0 Å². The highest BCUT2D eigenvalue weighted by atomic mass is 79.9. The van der Waals surface area contributed by atoms with Crippen LogP contribution in [0.5, 0.6) is 0 Å². The van der Waals surface area contributed by atoms with Crippen LogP contribution in [0.2, 0.25) is 0 Å². The molecular weight excluding hydrogens is 438 g/mol. The number of anilines is 1. The van der Waals surface area contributed by atoms with E-state index in [-0.39, 0.29) is 11.6 Å². The Morgan fingerprint density at radius 2 is 2.00 bits per heavy atom. The first-order chi connectivity index (χ1) is 14.0. The quantitative estimate of drug-likeness (QED) is 0.487. The molecule has 148 valence electrons. The summed E-state index contributed by atoms with van der Waals surface area (Å²) in [6, 6.07) is 12.8. The number of hydrogen-bond acceptors (Lipinski definition) is 5. The molecule has 0 spiro atoms. The molecule has 0 aliphatic rings. The van der Waals surface area contributed by atoms with Crippen LogP contribution in [0.25, 0.3) is 33.3 Å². The van der Waals surface area contributed by atoms with E-state index in [1.807, 2.05) is 18.2 Å². The van der Waals surface area contributed by atoms with Gasteiger partial charge in [-0.3, -0.25) is 9.36 Å². The Kier molecular flexibility index (Phi) is 5.21. The second kappa shape index (κ2) is 7.81. The molecule has 0 aliphatic heterocycles. The Hall–Kier alpha value is -2.97. The molecule has 29 heavy (non-hydrogen) atoms. The fourth-order valence-corrected chi connectivity index (χ4v) is 3.65. The van der Waals surface area contributed by atoms with E-state index in [1.54, 1.807) is 35.9 Å². The van der Waals surface area contributed by atoms with Crippen LogP contribution in [0.4, 0.5) is 5.69 Å². The largest absolute Gasteiger partial charge is 0.452 e. The molecule has 0 bridgehead atoms. The van der Waals surface area contributed by atoms with Crippen molar-refractivity contribution in [2.24, 2.45) is 0 Å². The SMILES string of the molecule is COCCn1c(=O)nc(-c2ccc(NC(C)=O)cc2)c2oc3ccc(Br)cc3c21. The maximum absolute atomic E-state index is 12.9. The maximum atomic E-state index is 12.9. The van der Waals surface area contributed by atoms with Gasteiger partial charge >= 0.3 is 5.69 Å². The number of carbonyl (C=O) groups is 1. The lowest BCUT2D eigenvalue weighted by molar-refractivity contribution is -0.114. The van der Waals surface area contributed by atoms with Crippen LogP contribution in [-0.4, -0.2) is 29.2 Å². The molecule has 2 aromatic carbocycles. The van der Waals surface area contributed by atoms with Crippen LogP contribution in [-0.2, 0) is 16.1 Å². The van der Waals surface area contributed by atoms with Crippen molar-refractivity contribution in [3.63, 3.8) is 0 Å². The summed E-state index contributed by atoms with van der Waals surface area (Å²) in [6.07, 6.45) is 0. The molecule has 1 N–H and O–H groups in total. The molecular formula is C21H18BrN3O4. The fraction of sp³-hybridized carbons (Fsp3) is 0.190. The first-order valence-corrected chi connectivity index (χ1v) is 9.77. The molecule has 0 fully saturated rings. The summed E-state index contributed by atoms with van der Waals surface area (Å²) < 4.78 is 13.7. The zero-order chi connectivity index (χ0) is 20.5. The molecule has 0 atom stereocenters. The van der Waals surface area contributed by atoms with Crippen LogP contribution in [0.1, 0.15) is 6.92 Å². The highest BCUT2D eigenvalue weighted by Crippen LogP contribution is 2.35. The van der Waals surface area contributed by atoms with Crippen molar-refractivity contribution in [2.75, 3.05) is 19.0 Å². The van der Waals surface area contributed by atoms with Crippen molar-refractivity contribution in [1.82, 2.24) is 9.55 Å². The van der Waals surface area contributed by atoms with Crippen molar-refractivity contribution in [3.05, 3.63) is 57.4 Å². The van der Waals surface area contributed by atoms with Crippen molar-refractivity contribution >= 4 is 49.6 Å². The molecule has 2 aromatic heterocycles. The standard InChI is InChI=1S/C21H18BrN3O4/c1-12(26)23-15-6-3-13(4-7-15)18-20-19(25(9-10-28-2)21(27)24-18)16-11-14(22)5-8-17(16)29-20/h3-8,11H,9-10H2,1-2H3,(H,23,26). The van der Waals surface area contributed by atoms with Gasteiger partial charge in [-0.2, -0.15) is 4.98 Å². The Morgan fingerprint density at radius 1 is 1.24 bits per heavy atom. The smallest absolute Gasteiger partial charge is 0.348 e. The number of amides is 1. The van der Waals surface area contributed by atoms with E-state index in [0.717, 1.165) is 15.4 Å². The monoisotopic (exact) mass is 455 g/mol. The minimum Gasteiger partial charge on any atom is -0.452 e. The molecule has 7 nitrogen and oxygen atoms in total. The van der Waals surface area contributed by atoms with Gasteiger partial charge in [0.05, 0.1) is 13.2 Å². The fourth-order valence-electron chi connectivity index (χ4n) is 3.29. The van der Waals surface area contributed by atoms with Gasteiger partial charge in [0.15, 0.2) is 5.58 Å². The number of hydrogen-bond donors (Lipinski definition) is 1. The second-order valence-corrected chi connectivity index (χ2v) is 7.48. The summed E-state index contributed by atoms with van der Waals surface area (Å²) in [5.41, 5.74) is 3.34. The Morgan fingerprint density at radius 3 is 2.69 bits per heavy atom. The van der Waals surface area contributed by atoms with Crippen LogP contribution in [0.3, 0.4) is 0 Å². The number of carbonyl (C=O) groups excluding carboxylic acids is 1. The number of rotatable bonds is 5. The number of ether oxygens (including phenoxy) is 1. The van der Waals surface area contributed by atoms with Gasteiger partial charge in [-0.15, -0.1) is 0 Å². The van der Waals surface area contributed by atoms with E-state index < -0.39 is 0 Å². The van der Waals surface area contributed by atoms with Gasteiger partial charge in [-0.1, -0.05) is 28.1 Å². The van der Waals surface area contributed by atoms with Gasteiger partial charge in [-0.25, -0.2) is 4.79 Å². The molecule has 4 aromatic rings. The Bertz CT molecular complexity index is 1280. The zero-order valence-electron chi connectivity index (χ0n) is 15.9. The van der Waals surface area contributed by atoms with Crippen LogP contribution < -0.4 is 11.0 Å². The predicted molar refractivity (Wildman–Crippen MR) is 115 cm³/mol. The Labute approximate surface area is 174 Å². The van der Waals surface area contributed by atoms with Gasteiger partial charge in [0.25, 0.3) is 0 Å². The number of benzene rings is 2. The third kappa shape index (κ3) is 3.68. The topological polar surface area (TPSA) is 86.4 Å². The van der Waals surface area contributed by atoms with Gasteiger partial charge in [0.2, 0.25) is 5.91 Å². The van der Waals surface area contributed by atoms with Crippen LogP contribution in [0.15, 0.2) is 56.1 Å². The number of nitrogens with one attached hydrogen (secondary N) is 1. The first-order valence-electron chi connectivity index (χ1n) is 8.97. The molecule has 1 amide bonds. The summed E-state index contributed by atoms with van der Waals surface area (Å²) in [7, 11) is 1.59. The summed E-state index contributed by atoms with van der Waals surface area (Å²) in [5.74, 6) is -0.151. The predicted octanol–water partition coefficient (Wildman–Crippen LogP) is 4.18. The average Bonchev–Trinajstić information content (AvgIpc) is 3.06. The summed E-state index contributed by atoms with van der Waals surface area (Å²) in [4.78, 5) is 28.4. The molecule has 0 saturated carbocycles. The lowest BCUT2D eigenvalue weighted by Crippen LogP contribution is -2.25. The average molecular weight is 456 g/mol. The third-order valence-electron chi connectivity index (χ3n) is 4.54. The van der Waals surface area contributed by atoms with Gasteiger partial charge in [0, 0.05) is 35.1 Å². The minimum absolute atomic E-state index is 0.151. The number of methoxy groups -OCH3 is 1. The van der Waals surface area contributed by atoms with Gasteiger partial charge < -0.3 is 14.5 Å². The van der Waals surface area contributed by atoms with E-state index in [9.17, 15) is 9.59 Å². The van der Waals surface area contributed by atoms with Crippen LogP contribution >= 0.6 is 15.9 Å². The molecule has 0 radical (unpaired) electrons. The molecule has 0 unspecified atom stereocenters. The number of aromatic nitrogens is 2. The molecule has 0 saturated heterocycles. The summed E-state index contributed by atoms with van der Waals surface area (Å²) >= 11 is 3.49. The summed E-state index contributed by atoms with van der Waals surface area (Å²) in [5, 5.41) is 3.54. The first kappa shape index (κ1) is 19.4. The van der Waals surface area contributed by atoms with Crippen molar-refractivity contribution in [1.29, 1.82) is 0 Å². The molecule has 2 heterocycles. The van der Waals surface area contributed by atoms with Crippen molar-refractivity contribution in [2.45, 2.75) is 13.5 Å². The van der Waals surface area contributed by atoms with E-state index in [1.165, 1.54) is 6.92 Å². The van der Waals surface area contributed by atoms with E-state index in [4.69, 9.17) is 9.15 Å². The highest BCUT2D eigenvalue weighted by molar-refractivity contribution is 9.10. The van der Waals surface area contributed by atoms with E-state index in [0.29, 0.717) is 41.2 Å². The van der Waals surface area contributed by atoms with Gasteiger partial charge in [-0.05, 0) is 30.3 Å². The van der Waals surface area contributed by atoms with Crippen molar-refractivity contribution in [3.8, 4) is 11.3 Å². The second-order valence-electron chi connectivity index (χ2n) is 6.57. The number of nitrogens with zero attached hydrogens (tertiary/aromatic N) is 2. The number of furan rings is 1. The maximum Gasteiger partial charge on any atom is 0.348 e. The lowest BCUT2D eigenvalue weighted by Gasteiger charge is -2.09. The summed E-state index contributed by atoms with van der Waals surface area (Å²) in [6.45, 7) is 2.19. The van der Waals surface area contributed by atoms with Crippen molar-refractivity contribution < 1.29 is 13.9 Å². The number of fused-ring (bicyclic) bond motifs is 3. The molecule has 0 aliphatic carbocycles. The van der Waals surface area contributed by atoms with Gasteiger partial charge in [0.1, 0.15) is 16.8 Å². The molecule has 4 rings (SSSR count).